The Morgan fingerprint density at radius 1 is 1.12 bits per heavy atom. The molecule has 0 radical (unpaired) electrons. The molecule has 0 saturated carbocycles. The molecule has 1 aliphatic heterocycles. The molecule has 0 bridgehead atoms. The molecule has 1 N–H and O–H groups in total. The number of carbonyl (C=O) groups excluding carboxylic acids is 1. The standard InChI is InChI=1S/C21H23NO4/c1-4-22(5-2)13-17-18(23)11-10-16-20(24)19(26-21(16)17)12-14-6-8-15(25-3)9-7-14/h6-12,23H,4-5,13H2,1-3H3/b19-12+. The smallest absolute Gasteiger partial charge is 0.231 e. The maximum Gasteiger partial charge on any atom is 0.231 e. The van der Waals surface area contributed by atoms with Crippen molar-refractivity contribution in [3.8, 4) is 17.2 Å². The van der Waals surface area contributed by atoms with Crippen LogP contribution in [-0.4, -0.2) is 36.0 Å². The quantitative estimate of drug-likeness (QED) is 0.799. The molecule has 3 rings (SSSR count). The van der Waals surface area contributed by atoms with Gasteiger partial charge in [0.25, 0.3) is 0 Å². The number of aromatic hydroxyl groups is 1. The molecular formula is C21H23NO4. The number of phenols is 1. The van der Waals surface area contributed by atoms with E-state index in [-0.39, 0.29) is 17.3 Å². The zero-order valence-corrected chi connectivity index (χ0v) is 15.3. The second kappa shape index (κ2) is 7.62. The van der Waals surface area contributed by atoms with Crippen LogP contribution in [0.5, 0.6) is 17.2 Å². The molecule has 1 aliphatic rings. The summed E-state index contributed by atoms with van der Waals surface area (Å²) in [5.74, 6) is 1.45. The molecule has 0 spiro atoms. The Kier molecular flexibility index (Phi) is 5.28. The first-order valence-electron chi connectivity index (χ1n) is 8.72. The number of benzene rings is 2. The molecular weight excluding hydrogens is 330 g/mol. The lowest BCUT2D eigenvalue weighted by atomic mass is 10.0. The second-order valence-electron chi connectivity index (χ2n) is 6.11. The Balaban J connectivity index is 1.93. The van der Waals surface area contributed by atoms with Crippen LogP contribution in [0.25, 0.3) is 6.08 Å². The van der Waals surface area contributed by atoms with Crippen molar-refractivity contribution in [1.29, 1.82) is 0 Å². The highest BCUT2D eigenvalue weighted by molar-refractivity contribution is 6.15. The van der Waals surface area contributed by atoms with Crippen molar-refractivity contribution in [2.75, 3.05) is 20.2 Å². The van der Waals surface area contributed by atoms with E-state index in [0.29, 0.717) is 23.4 Å². The van der Waals surface area contributed by atoms with Crippen molar-refractivity contribution in [3.05, 3.63) is 58.8 Å². The van der Waals surface area contributed by atoms with Crippen LogP contribution < -0.4 is 9.47 Å². The summed E-state index contributed by atoms with van der Waals surface area (Å²) >= 11 is 0. The monoisotopic (exact) mass is 353 g/mol. The summed E-state index contributed by atoms with van der Waals surface area (Å²) in [4.78, 5) is 14.9. The summed E-state index contributed by atoms with van der Waals surface area (Å²) in [6.45, 7) is 6.35. The van der Waals surface area contributed by atoms with Crippen LogP contribution in [0.3, 0.4) is 0 Å². The Morgan fingerprint density at radius 3 is 2.42 bits per heavy atom. The van der Waals surface area contributed by atoms with Gasteiger partial charge < -0.3 is 14.6 Å². The van der Waals surface area contributed by atoms with Gasteiger partial charge in [-0.25, -0.2) is 0 Å². The van der Waals surface area contributed by atoms with Gasteiger partial charge in [0.05, 0.1) is 18.2 Å². The van der Waals surface area contributed by atoms with Crippen LogP contribution >= 0.6 is 0 Å². The Morgan fingerprint density at radius 2 is 1.81 bits per heavy atom. The van der Waals surface area contributed by atoms with E-state index in [9.17, 15) is 9.90 Å². The van der Waals surface area contributed by atoms with E-state index >= 15 is 0 Å². The van der Waals surface area contributed by atoms with E-state index in [0.717, 1.165) is 24.4 Å². The van der Waals surface area contributed by atoms with Crippen molar-refractivity contribution < 1.29 is 19.4 Å². The van der Waals surface area contributed by atoms with Crippen LogP contribution in [-0.2, 0) is 6.54 Å². The zero-order chi connectivity index (χ0) is 18.7. The Hall–Kier alpha value is -2.79. The highest BCUT2D eigenvalue weighted by Crippen LogP contribution is 2.40. The predicted molar refractivity (Wildman–Crippen MR) is 101 cm³/mol. The van der Waals surface area contributed by atoms with E-state index in [1.807, 2.05) is 24.3 Å². The molecule has 1 heterocycles. The fourth-order valence-corrected chi connectivity index (χ4v) is 2.97. The summed E-state index contributed by atoms with van der Waals surface area (Å²) in [5, 5.41) is 10.3. The maximum atomic E-state index is 12.7. The van der Waals surface area contributed by atoms with Gasteiger partial charge in [0, 0.05) is 6.54 Å². The minimum Gasteiger partial charge on any atom is -0.507 e. The first-order valence-corrected chi connectivity index (χ1v) is 8.72. The molecule has 5 nitrogen and oxygen atoms in total. The van der Waals surface area contributed by atoms with Gasteiger partial charge in [-0.2, -0.15) is 0 Å². The van der Waals surface area contributed by atoms with Gasteiger partial charge in [-0.15, -0.1) is 0 Å². The maximum absolute atomic E-state index is 12.7. The summed E-state index contributed by atoms with van der Waals surface area (Å²) in [6.07, 6.45) is 1.71. The third kappa shape index (κ3) is 3.44. The van der Waals surface area contributed by atoms with Crippen LogP contribution in [0.1, 0.15) is 35.3 Å². The number of Topliss-reactive ketones (excluding diaryl/α,β-unsaturated/α-hetero) is 1. The molecule has 136 valence electrons. The summed E-state index contributed by atoms with van der Waals surface area (Å²) in [6, 6.07) is 10.6. The number of rotatable bonds is 6. The second-order valence-corrected chi connectivity index (χ2v) is 6.11. The lowest BCUT2D eigenvalue weighted by Gasteiger charge is -2.20. The van der Waals surface area contributed by atoms with E-state index in [1.54, 1.807) is 25.3 Å². The molecule has 0 aliphatic carbocycles. The van der Waals surface area contributed by atoms with Crippen molar-refractivity contribution >= 4 is 11.9 Å². The van der Waals surface area contributed by atoms with Crippen LogP contribution in [0.2, 0.25) is 0 Å². The Labute approximate surface area is 153 Å². The van der Waals surface area contributed by atoms with Crippen molar-refractivity contribution in [3.63, 3.8) is 0 Å². The zero-order valence-electron chi connectivity index (χ0n) is 15.3. The van der Waals surface area contributed by atoms with E-state index < -0.39 is 0 Å². The topological polar surface area (TPSA) is 59.0 Å². The van der Waals surface area contributed by atoms with Crippen LogP contribution in [0.4, 0.5) is 0 Å². The molecule has 0 aromatic heterocycles. The van der Waals surface area contributed by atoms with Crippen molar-refractivity contribution in [2.24, 2.45) is 0 Å². The SMILES string of the molecule is CCN(CC)Cc1c(O)ccc2c1O/C(=C/c1ccc(OC)cc1)C2=O. The minimum atomic E-state index is -0.170. The predicted octanol–water partition coefficient (Wildman–Crippen LogP) is 3.86. The Bertz CT molecular complexity index is 836. The van der Waals surface area contributed by atoms with E-state index in [2.05, 4.69) is 18.7 Å². The molecule has 0 saturated heterocycles. The molecule has 0 amide bonds. The number of carbonyl (C=O) groups is 1. The number of hydrogen-bond acceptors (Lipinski definition) is 5. The lowest BCUT2D eigenvalue weighted by molar-refractivity contribution is 0.101. The lowest BCUT2D eigenvalue weighted by Crippen LogP contribution is -2.22. The average molecular weight is 353 g/mol. The fraction of sp³-hybridized carbons (Fsp3) is 0.286. The molecule has 2 aromatic rings. The van der Waals surface area contributed by atoms with Gasteiger partial charge in [-0.05, 0) is 49.0 Å². The number of nitrogens with zero attached hydrogens (tertiary/aromatic N) is 1. The number of allylic oxidation sites excluding steroid dienone is 1. The van der Waals surface area contributed by atoms with Gasteiger partial charge in [0.1, 0.15) is 17.2 Å². The van der Waals surface area contributed by atoms with Gasteiger partial charge in [0.2, 0.25) is 5.78 Å². The molecule has 0 unspecified atom stereocenters. The van der Waals surface area contributed by atoms with E-state index in [4.69, 9.17) is 9.47 Å². The highest BCUT2D eigenvalue weighted by Gasteiger charge is 2.31. The molecule has 5 heteroatoms. The first-order chi connectivity index (χ1) is 12.6. The molecule has 0 fully saturated rings. The average Bonchev–Trinajstić information content (AvgIpc) is 2.97. The van der Waals surface area contributed by atoms with Crippen molar-refractivity contribution in [1.82, 2.24) is 4.90 Å². The highest BCUT2D eigenvalue weighted by atomic mass is 16.5. The third-order valence-corrected chi connectivity index (χ3v) is 4.61. The molecule has 2 aromatic carbocycles. The van der Waals surface area contributed by atoms with Crippen LogP contribution in [0.15, 0.2) is 42.2 Å². The number of ketones is 1. The number of methoxy groups -OCH3 is 1. The number of hydrogen-bond donors (Lipinski definition) is 1. The minimum absolute atomic E-state index is 0.147. The number of fused-ring (bicyclic) bond motifs is 1. The van der Waals surface area contributed by atoms with Gasteiger partial charge in [-0.1, -0.05) is 26.0 Å². The summed E-state index contributed by atoms with van der Waals surface area (Å²) in [5.41, 5.74) is 1.99. The third-order valence-electron chi connectivity index (χ3n) is 4.61. The largest absolute Gasteiger partial charge is 0.507 e. The molecule has 0 atom stereocenters. The normalized spacial score (nSPS) is 14.6. The van der Waals surface area contributed by atoms with Gasteiger partial charge in [0.15, 0.2) is 5.76 Å². The molecule has 26 heavy (non-hydrogen) atoms. The van der Waals surface area contributed by atoms with Crippen molar-refractivity contribution in [2.45, 2.75) is 20.4 Å². The fourth-order valence-electron chi connectivity index (χ4n) is 2.97. The van der Waals surface area contributed by atoms with Gasteiger partial charge >= 0.3 is 0 Å². The van der Waals surface area contributed by atoms with E-state index in [1.165, 1.54) is 0 Å². The summed E-state index contributed by atoms with van der Waals surface area (Å²) < 4.78 is 11.0. The first kappa shape index (κ1) is 18.0. The summed E-state index contributed by atoms with van der Waals surface area (Å²) in [7, 11) is 1.61. The number of phenolic OH excluding ortho intramolecular Hbond substituents is 1. The van der Waals surface area contributed by atoms with Crippen LogP contribution in [0, 0.1) is 0 Å². The van der Waals surface area contributed by atoms with Gasteiger partial charge in [-0.3, -0.25) is 9.69 Å². The number of ether oxygens (including phenoxy) is 2.